The van der Waals surface area contributed by atoms with Crippen molar-refractivity contribution in [3.8, 4) is 0 Å². The predicted molar refractivity (Wildman–Crippen MR) is 185 cm³/mol. The van der Waals surface area contributed by atoms with E-state index in [2.05, 4.69) is 10.0 Å². The SMILES string of the molecule is CCOC(=O)Cc1cc2c(s1)CCN(C(=O)[C@H](Cc1ccc(NS(=O)(=O)Cc3ccccc3)cc1)NC(=O)c1ccc(C(=N)N)cc1)C2. The summed E-state index contributed by atoms with van der Waals surface area (Å²) in [6.07, 6.45) is 0.965. The number of hydrogen-bond donors (Lipinski definition) is 4. The number of nitrogens with zero attached hydrogens (tertiary/aromatic N) is 1. The third kappa shape index (κ3) is 9.07. The van der Waals surface area contributed by atoms with Gasteiger partial charge in [0.15, 0.2) is 0 Å². The quantitative estimate of drug-likeness (QED) is 0.0935. The van der Waals surface area contributed by atoms with Gasteiger partial charge in [-0.25, -0.2) is 8.42 Å². The first-order chi connectivity index (χ1) is 23.0. The molecule has 1 aliphatic heterocycles. The van der Waals surface area contributed by atoms with Crippen molar-refractivity contribution < 1.29 is 27.5 Å². The van der Waals surface area contributed by atoms with Gasteiger partial charge >= 0.3 is 5.97 Å². The van der Waals surface area contributed by atoms with Crippen LogP contribution < -0.4 is 15.8 Å². The van der Waals surface area contributed by atoms with Gasteiger partial charge in [0.05, 0.1) is 18.8 Å². The fraction of sp³-hybridized carbons (Fsp3) is 0.257. The molecule has 1 aromatic heterocycles. The Bertz CT molecular complexity index is 1890. The van der Waals surface area contributed by atoms with Crippen LogP contribution in [0.1, 0.15) is 49.3 Å². The van der Waals surface area contributed by atoms with E-state index >= 15 is 0 Å². The molecule has 2 heterocycles. The number of nitrogen functional groups attached to an aromatic ring is 1. The minimum atomic E-state index is -3.65. The van der Waals surface area contributed by atoms with Crippen LogP contribution in [0, 0.1) is 5.41 Å². The zero-order valence-corrected chi connectivity index (χ0v) is 28.0. The number of amidine groups is 1. The van der Waals surface area contributed by atoms with Gasteiger partial charge in [0, 0.05) is 46.1 Å². The number of nitrogens with one attached hydrogen (secondary N) is 3. The number of carbonyl (C=O) groups excluding carboxylic acids is 3. The second-order valence-corrected chi connectivity index (χ2v) is 14.4. The first-order valence-electron chi connectivity index (χ1n) is 15.4. The highest BCUT2D eigenvalue weighted by molar-refractivity contribution is 7.91. The molecular weight excluding hydrogens is 651 g/mol. The van der Waals surface area contributed by atoms with E-state index in [4.69, 9.17) is 15.9 Å². The minimum Gasteiger partial charge on any atom is -0.466 e. The highest BCUT2D eigenvalue weighted by atomic mass is 32.2. The number of fused-ring (bicyclic) bond motifs is 1. The number of sulfonamides is 1. The molecule has 250 valence electrons. The largest absolute Gasteiger partial charge is 0.466 e. The highest BCUT2D eigenvalue weighted by Gasteiger charge is 2.30. The standard InChI is InChI=1S/C35H37N5O6S2/c1-2-46-32(41)20-29-19-27-21-40(17-16-31(27)47-29)35(43)30(38-34(42)26-12-10-25(11-13-26)33(36)37)18-23-8-14-28(15-9-23)39-48(44,45)22-24-6-4-3-5-7-24/h3-15,19,30,39H,2,16-18,20-22H2,1H3,(H3,36,37)(H,38,42)/t30-/m0/s1. The molecule has 1 aliphatic rings. The Kier molecular flexibility index (Phi) is 10.9. The lowest BCUT2D eigenvalue weighted by atomic mass is 10.0. The van der Waals surface area contributed by atoms with Crippen LogP contribution in [-0.4, -0.2) is 56.1 Å². The molecule has 0 fully saturated rings. The Balaban J connectivity index is 1.31. The van der Waals surface area contributed by atoms with Crippen LogP contribution in [0.15, 0.2) is 84.9 Å². The van der Waals surface area contributed by atoms with E-state index in [1.54, 1.807) is 96.0 Å². The number of anilines is 1. The van der Waals surface area contributed by atoms with Gasteiger partial charge in [-0.15, -0.1) is 11.3 Å². The Labute approximate surface area is 283 Å². The third-order valence-corrected chi connectivity index (χ3v) is 10.3. The van der Waals surface area contributed by atoms with Gasteiger partial charge in [-0.3, -0.25) is 24.5 Å². The molecule has 5 N–H and O–H groups in total. The number of carbonyl (C=O) groups is 3. The van der Waals surface area contributed by atoms with Gasteiger partial charge in [-0.05, 0) is 60.4 Å². The van der Waals surface area contributed by atoms with Crippen LogP contribution >= 0.6 is 11.3 Å². The van der Waals surface area contributed by atoms with Crippen molar-refractivity contribution in [3.05, 3.63) is 123 Å². The second-order valence-electron chi connectivity index (χ2n) is 11.4. The fourth-order valence-electron chi connectivity index (χ4n) is 5.44. The Morgan fingerprint density at radius 2 is 1.67 bits per heavy atom. The smallest absolute Gasteiger partial charge is 0.311 e. The molecule has 0 aliphatic carbocycles. The molecule has 0 bridgehead atoms. The van der Waals surface area contributed by atoms with Gasteiger partial charge < -0.3 is 20.7 Å². The molecule has 0 spiro atoms. The van der Waals surface area contributed by atoms with E-state index < -0.39 is 22.0 Å². The summed E-state index contributed by atoms with van der Waals surface area (Å²) >= 11 is 1.55. The van der Waals surface area contributed by atoms with E-state index in [1.807, 2.05) is 12.1 Å². The second kappa shape index (κ2) is 15.3. The number of hydrogen-bond acceptors (Lipinski definition) is 8. The molecular formula is C35H37N5O6S2. The molecule has 2 amide bonds. The maximum atomic E-state index is 14.0. The number of thiophene rings is 1. The van der Waals surface area contributed by atoms with E-state index in [0.29, 0.717) is 48.5 Å². The lowest BCUT2D eigenvalue weighted by molar-refractivity contribution is -0.142. The van der Waals surface area contributed by atoms with E-state index in [0.717, 1.165) is 20.9 Å². The molecule has 0 saturated carbocycles. The Morgan fingerprint density at radius 1 is 0.979 bits per heavy atom. The van der Waals surface area contributed by atoms with Crippen molar-refractivity contribution in [1.82, 2.24) is 10.2 Å². The van der Waals surface area contributed by atoms with Crippen LogP contribution in [0.5, 0.6) is 0 Å². The monoisotopic (exact) mass is 687 g/mol. The highest BCUT2D eigenvalue weighted by Crippen LogP contribution is 2.29. The zero-order chi connectivity index (χ0) is 34.3. The average molecular weight is 688 g/mol. The summed E-state index contributed by atoms with van der Waals surface area (Å²) in [7, 11) is -3.65. The van der Waals surface area contributed by atoms with E-state index in [-0.39, 0.29) is 36.3 Å². The molecule has 48 heavy (non-hydrogen) atoms. The van der Waals surface area contributed by atoms with Crippen LogP contribution in [0.2, 0.25) is 0 Å². The van der Waals surface area contributed by atoms with Crippen LogP contribution in [0.25, 0.3) is 0 Å². The number of rotatable bonds is 13. The minimum absolute atomic E-state index is 0.121. The van der Waals surface area contributed by atoms with Crippen molar-refractivity contribution in [1.29, 1.82) is 5.41 Å². The Morgan fingerprint density at radius 3 is 2.33 bits per heavy atom. The summed E-state index contributed by atoms with van der Waals surface area (Å²) in [5.74, 6) is -1.31. The lowest BCUT2D eigenvalue weighted by Gasteiger charge is -2.31. The number of benzene rings is 3. The molecule has 4 aromatic rings. The van der Waals surface area contributed by atoms with Gasteiger partial charge in [-0.1, -0.05) is 54.6 Å². The van der Waals surface area contributed by atoms with Crippen LogP contribution in [0.3, 0.4) is 0 Å². The molecule has 13 heteroatoms. The van der Waals surface area contributed by atoms with Crippen molar-refractivity contribution in [2.45, 2.75) is 44.5 Å². The topological polar surface area (TPSA) is 172 Å². The first kappa shape index (κ1) is 34.3. The average Bonchev–Trinajstić information content (AvgIpc) is 3.46. The summed E-state index contributed by atoms with van der Waals surface area (Å²) < 4.78 is 33.1. The molecule has 0 radical (unpaired) electrons. The van der Waals surface area contributed by atoms with Gasteiger partial charge in [-0.2, -0.15) is 0 Å². The summed E-state index contributed by atoms with van der Waals surface area (Å²) in [6.45, 7) is 2.87. The fourth-order valence-corrected chi connectivity index (χ4v) is 7.80. The van der Waals surface area contributed by atoms with E-state index in [9.17, 15) is 22.8 Å². The maximum Gasteiger partial charge on any atom is 0.311 e. The zero-order valence-electron chi connectivity index (χ0n) is 26.4. The summed E-state index contributed by atoms with van der Waals surface area (Å²) in [6, 6.07) is 22.8. The van der Waals surface area contributed by atoms with Crippen LogP contribution in [0.4, 0.5) is 5.69 Å². The summed E-state index contributed by atoms with van der Waals surface area (Å²) in [5.41, 5.74) is 9.07. The van der Waals surface area contributed by atoms with Crippen molar-refractivity contribution in [2.24, 2.45) is 5.73 Å². The molecule has 0 unspecified atom stereocenters. The molecule has 11 nitrogen and oxygen atoms in total. The Hall–Kier alpha value is -5.01. The summed E-state index contributed by atoms with van der Waals surface area (Å²) in [4.78, 5) is 43.1. The molecule has 1 atom stereocenters. The van der Waals surface area contributed by atoms with Crippen LogP contribution in [-0.2, 0) is 55.9 Å². The number of nitrogens with two attached hydrogens (primary N) is 1. The van der Waals surface area contributed by atoms with Crippen molar-refractivity contribution >= 4 is 50.7 Å². The maximum absolute atomic E-state index is 14.0. The number of ether oxygens (including phenoxy) is 1. The lowest BCUT2D eigenvalue weighted by Crippen LogP contribution is -2.50. The normalized spacial score (nSPS) is 13.2. The molecule has 0 saturated heterocycles. The first-order valence-corrected chi connectivity index (χ1v) is 17.9. The van der Waals surface area contributed by atoms with E-state index in [1.165, 1.54) is 0 Å². The number of amides is 2. The van der Waals surface area contributed by atoms with Gasteiger partial charge in [0.2, 0.25) is 15.9 Å². The van der Waals surface area contributed by atoms with Gasteiger partial charge in [0.1, 0.15) is 11.9 Å². The number of esters is 1. The van der Waals surface area contributed by atoms with Gasteiger partial charge in [0.25, 0.3) is 5.91 Å². The third-order valence-electron chi connectivity index (χ3n) is 7.78. The van der Waals surface area contributed by atoms with Crippen molar-refractivity contribution in [3.63, 3.8) is 0 Å². The molecule has 5 rings (SSSR count). The predicted octanol–water partition coefficient (Wildman–Crippen LogP) is 4.01. The summed E-state index contributed by atoms with van der Waals surface area (Å²) in [5, 5.41) is 10.5. The van der Waals surface area contributed by atoms with Crippen molar-refractivity contribution in [2.75, 3.05) is 17.9 Å². The molecule has 3 aromatic carbocycles.